The first-order valence-corrected chi connectivity index (χ1v) is 7.97. The summed E-state index contributed by atoms with van der Waals surface area (Å²) < 4.78 is 0. The number of aryl methyl sites for hydroxylation is 1. The van der Waals surface area contributed by atoms with E-state index < -0.39 is 0 Å². The molecule has 2 N–H and O–H groups in total. The van der Waals surface area contributed by atoms with Gasteiger partial charge >= 0.3 is 0 Å². The largest absolute Gasteiger partial charge is 0.313 e. The number of aromatic nitrogens is 3. The van der Waals surface area contributed by atoms with E-state index in [2.05, 4.69) is 34.1 Å². The summed E-state index contributed by atoms with van der Waals surface area (Å²) >= 11 is 1.40. The lowest BCUT2D eigenvalue weighted by molar-refractivity contribution is 0.710. The first-order valence-electron chi connectivity index (χ1n) is 7.15. The molecule has 0 aromatic carbocycles. The molecule has 2 heterocycles. The molecule has 0 saturated carbocycles. The quantitative estimate of drug-likeness (QED) is 0.769. The standard InChI is InChI=1S/C15H20N4OS/c1-3-6-12-9-13(20)19-15(18-12)21-14-11(10-16-4-2)7-5-8-17-14/h5,7-9,16H,3-4,6,10H2,1-2H3,(H,18,19,20). The Morgan fingerprint density at radius 2 is 2.24 bits per heavy atom. The van der Waals surface area contributed by atoms with Crippen LogP contribution in [0, 0.1) is 0 Å². The van der Waals surface area contributed by atoms with Gasteiger partial charge in [-0.05, 0) is 36.4 Å². The number of H-pyrrole nitrogens is 1. The first kappa shape index (κ1) is 15.7. The second-order valence-corrected chi connectivity index (χ2v) is 5.62. The summed E-state index contributed by atoms with van der Waals surface area (Å²) in [5, 5.41) is 4.76. The van der Waals surface area contributed by atoms with Crippen molar-refractivity contribution in [1.82, 2.24) is 20.3 Å². The van der Waals surface area contributed by atoms with Crippen LogP contribution in [0.5, 0.6) is 0 Å². The Morgan fingerprint density at radius 1 is 1.38 bits per heavy atom. The first-order chi connectivity index (χ1) is 10.2. The van der Waals surface area contributed by atoms with Gasteiger partial charge < -0.3 is 10.3 Å². The fraction of sp³-hybridized carbons (Fsp3) is 0.400. The van der Waals surface area contributed by atoms with Crippen LogP contribution in [-0.2, 0) is 13.0 Å². The van der Waals surface area contributed by atoms with Gasteiger partial charge in [0, 0.05) is 24.5 Å². The minimum atomic E-state index is -0.111. The van der Waals surface area contributed by atoms with Crippen LogP contribution in [0.1, 0.15) is 31.5 Å². The molecule has 0 bridgehead atoms. The van der Waals surface area contributed by atoms with Gasteiger partial charge in [0.2, 0.25) is 0 Å². The van der Waals surface area contributed by atoms with E-state index in [1.54, 1.807) is 12.3 Å². The third kappa shape index (κ3) is 4.68. The predicted molar refractivity (Wildman–Crippen MR) is 84.6 cm³/mol. The van der Waals surface area contributed by atoms with Crippen molar-refractivity contribution in [3.8, 4) is 0 Å². The summed E-state index contributed by atoms with van der Waals surface area (Å²) in [6, 6.07) is 5.51. The molecule has 2 aromatic heterocycles. The van der Waals surface area contributed by atoms with Crippen molar-refractivity contribution < 1.29 is 0 Å². The van der Waals surface area contributed by atoms with E-state index in [4.69, 9.17) is 0 Å². The molecule has 0 aliphatic heterocycles. The average Bonchev–Trinajstić information content (AvgIpc) is 2.46. The fourth-order valence-electron chi connectivity index (χ4n) is 1.92. The Balaban J connectivity index is 2.23. The van der Waals surface area contributed by atoms with E-state index in [0.717, 1.165) is 42.2 Å². The van der Waals surface area contributed by atoms with Crippen molar-refractivity contribution in [2.24, 2.45) is 0 Å². The second-order valence-electron chi connectivity index (χ2n) is 4.64. The van der Waals surface area contributed by atoms with Gasteiger partial charge in [0.1, 0.15) is 5.03 Å². The minimum Gasteiger partial charge on any atom is -0.313 e. The van der Waals surface area contributed by atoms with E-state index in [0.29, 0.717) is 5.16 Å². The third-order valence-corrected chi connectivity index (χ3v) is 3.84. The lowest BCUT2D eigenvalue weighted by Crippen LogP contribution is -2.13. The van der Waals surface area contributed by atoms with E-state index >= 15 is 0 Å². The van der Waals surface area contributed by atoms with Crippen LogP contribution in [0.4, 0.5) is 0 Å². The molecule has 0 unspecified atom stereocenters. The van der Waals surface area contributed by atoms with Crippen molar-refractivity contribution in [1.29, 1.82) is 0 Å². The maximum absolute atomic E-state index is 11.7. The number of nitrogens with one attached hydrogen (secondary N) is 2. The molecule has 0 amide bonds. The fourth-order valence-corrected chi connectivity index (χ4v) is 2.80. The lowest BCUT2D eigenvalue weighted by Gasteiger charge is -2.08. The zero-order chi connectivity index (χ0) is 15.1. The van der Waals surface area contributed by atoms with Crippen molar-refractivity contribution in [2.75, 3.05) is 6.54 Å². The molecule has 0 aliphatic carbocycles. The van der Waals surface area contributed by atoms with Gasteiger partial charge in [0.25, 0.3) is 5.56 Å². The van der Waals surface area contributed by atoms with Gasteiger partial charge in [-0.3, -0.25) is 4.79 Å². The van der Waals surface area contributed by atoms with Crippen LogP contribution in [0.2, 0.25) is 0 Å². The van der Waals surface area contributed by atoms with E-state index in [-0.39, 0.29) is 5.56 Å². The molecule has 112 valence electrons. The highest BCUT2D eigenvalue weighted by Crippen LogP contribution is 2.25. The Bertz CT molecular complexity index is 642. The van der Waals surface area contributed by atoms with Crippen molar-refractivity contribution >= 4 is 11.8 Å². The predicted octanol–water partition coefficient (Wildman–Crippen LogP) is 2.38. The number of aromatic amines is 1. The van der Waals surface area contributed by atoms with E-state index in [1.807, 2.05) is 12.1 Å². The number of pyridine rings is 1. The van der Waals surface area contributed by atoms with Gasteiger partial charge in [-0.2, -0.15) is 0 Å². The average molecular weight is 304 g/mol. The maximum Gasteiger partial charge on any atom is 0.251 e. The molecule has 6 heteroatoms. The highest BCUT2D eigenvalue weighted by atomic mass is 32.2. The molecule has 5 nitrogen and oxygen atoms in total. The van der Waals surface area contributed by atoms with Crippen LogP contribution in [-0.4, -0.2) is 21.5 Å². The molecule has 0 radical (unpaired) electrons. The van der Waals surface area contributed by atoms with Crippen LogP contribution in [0.15, 0.2) is 39.4 Å². The van der Waals surface area contributed by atoms with E-state index in [9.17, 15) is 4.79 Å². The third-order valence-electron chi connectivity index (χ3n) is 2.89. The topological polar surface area (TPSA) is 70.7 Å². The van der Waals surface area contributed by atoms with E-state index in [1.165, 1.54) is 11.8 Å². The van der Waals surface area contributed by atoms with Gasteiger partial charge in [-0.25, -0.2) is 9.97 Å². The lowest BCUT2D eigenvalue weighted by atomic mass is 10.2. The minimum absolute atomic E-state index is 0.111. The molecular weight excluding hydrogens is 284 g/mol. The maximum atomic E-state index is 11.7. The van der Waals surface area contributed by atoms with Crippen LogP contribution in [0.3, 0.4) is 0 Å². The Labute approximate surface area is 128 Å². The van der Waals surface area contributed by atoms with Crippen molar-refractivity contribution in [2.45, 2.75) is 43.4 Å². The normalized spacial score (nSPS) is 10.8. The van der Waals surface area contributed by atoms with Gasteiger partial charge in [-0.15, -0.1) is 0 Å². The zero-order valence-electron chi connectivity index (χ0n) is 12.3. The number of rotatable bonds is 7. The summed E-state index contributed by atoms with van der Waals surface area (Å²) in [5.41, 5.74) is 1.82. The summed E-state index contributed by atoms with van der Waals surface area (Å²) in [7, 11) is 0. The SMILES string of the molecule is CCCc1cc(=O)[nH]c(Sc2ncccc2CNCC)n1. The van der Waals surface area contributed by atoms with Gasteiger partial charge in [0.05, 0.1) is 0 Å². The molecule has 0 saturated heterocycles. The van der Waals surface area contributed by atoms with Crippen LogP contribution >= 0.6 is 11.8 Å². The molecule has 0 fully saturated rings. The monoisotopic (exact) mass is 304 g/mol. The zero-order valence-corrected chi connectivity index (χ0v) is 13.2. The molecule has 0 aliphatic rings. The Kier molecular flexibility index (Phi) is 5.95. The molecular formula is C15H20N4OS. The summed E-state index contributed by atoms with van der Waals surface area (Å²) in [4.78, 5) is 23.3. The van der Waals surface area contributed by atoms with Gasteiger partial charge in [-0.1, -0.05) is 26.3 Å². The van der Waals surface area contributed by atoms with Crippen molar-refractivity contribution in [3.05, 3.63) is 46.0 Å². The van der Waals surface area contributed by atoms with Crippen molar-refractivity contribution in [3.63, 3.8) is 0 Å². The highest BCUT2D eigenvalue weighted by molar-refractivity contribution is 7.99. The number of hydrogen-bond acceptors (Lipinski definition) is 5. The highest BCUT2D eigenvalue weighted by Gasteiger charge is 2.08. The number of hydrogen-bond donors (Lipinski definition) is 2. The van der Waals surface area contributed by atoms with Gasteiger partial charge in [0.15, 0.2) is 5.16 Å². The second kappa shape index (κ2) is 7.95. The molecule has 2 rings (SSSR count). The summed E-state index contributed by atoms with van der Waals surface area (Å²) in [5.74, 6) is 0. The van der Waals surface area contributed by atoms with Crippen LogP contribution in [0.25, 0.3) is 0 Å². The molecule has 21 heavy (non-hydrogen) atoms. The Hall–Kier alpha value is -1.66. The smallest absolute Gasteiger partial charge is 0.251 e. The molecule has 0 spiro atoms. The number of nitrogens with zero attached hydrogens (tertiary/aromatic N) is 2. The Morgan fingerprint density at radius 3 is 3.00 bits per heavy atom. The van der Waals surface area contributed by atoms with Crippen LogP contribution < -0.4 is 10.9 Å². The summed E-state index contributed by atoms with van der Waals surface area (Å²) in [6.07, 6.45) is 3.53. The molecule has 2 aromatic rings. The molecule has 0 atom stereocenters. The summed E-state index contributed by atoms with van der Waals surface area (Å²) in [6.45, 7) is 5.80.